The van der Waals surface area contributed by atoms with Gasteiger partial charge in [-0.25, -0.2) is 4.79 Å². The van der Waals surface area contributed by atoms with E-state index >= 15 is 0 Å². The maximum Gasteiger partial charge on any atom is 0.315 e. The van der Waals surface area contributed by atoms with Crippen LogP contribution in [0.15, 0.2) is 48.6 Å². The third-order valence-corrected chi connectivity index (χ3v) is 5.93. The molecule has 0 aromatic heterocycles. The third kappa shape index (κ3) is 5.96. The van der Waals surface area contributed by atoms with E-state index in [-0.39, 0.29) is 11.4 Å². The van der Waals surface area contributed by atoms with E-state index in [4.69, 9.17) is 0 Å². The van der Waals surface area contributed by atoms with Gasteiger partial charge in [0.05, 0.1) is 6.04 Å². The average molecular weight is 399 g/mol. The van der Waals surface area contributed by atoms with Gasteiger partial charge in [0.2, 0.25) is 0 Å². The first-order valence-electron chi connectivity index (χ1n) is 11.0. The molecule has 29 heavy (non-hydrogen) atoms. The predicted molar refractivity (Wildman–Crippen MR) is 122 cm³/mol. The van der Waals surface area contributed by atoms with E-state index in [1.807, 2.05) is 55.5 Å². The first-order chi connectivity index (χ1) is 13.8. The van der Waals surface area contributed by atoms with Crippen molar-refractivity contribution in [1.29, 1.82) is 0 Å². The maximum absolute atomic E-state index is 12.5. The van der Waals surface area contributed by atoms with Gasteiger partial charge in [-0.05, 0) is 29.9 Å². The Labute approximate surface area is 176 Å². The molecule has 1 aromatic carbocycles. The smallest absolute Gasteiger partial charge is 0.315 e. The highest BCUT2D eigenvalue weighted by Gasteiger charge is 2.48. The van der Waals surface area contributed by atoms with Gasteiger partial charge in [-0.1, -0.05) is 95.0 Å². The number of nitrogens with one attached hydrogen (secondary N) is 2. The van der Waals surface area contributed by atoms with Crippen LogP contribution in [0.3, 0.4) is 0 Å². The fourth-order valence-electron chi connectivity index (χ4n) is 4.36. The van der Waals surface area contributed by atoms with Crippen molar-refractivity contribution >= 4 is 11.6 Å². The summed E-state index contributed by atoms with van der Waals surface area (Å²) in [7, 11) is 0. The molecule has 0 fully saturated rings. The molecule has 1 aliphatic carbocycles. The van der Waals surface area contributed by atoms with Crippen molar-refractivity contribution in [1.82, 2.24) is 10.6 Å². The Morgan fingerprint density at radius 3 is 2.55 bits per heavy atom. The fraction of sp³-hybridized carbons (Fsp3) is 0.560. The van der Waals surface area contributed by atoms with Crippen LogP contribution in [0.2, 0.25) is 0 Å². The first kappa shape index (κ1) is 23.2. The standard InChI is InChI=1S/C25H38N2O2/c1-5-7-8-13-18-24(3,4)22(27-23(28)26-6-2)25(29)19-14-12-17-21(25)20-15-10-9-11-16-20/h9-12,14-17,22,29H,5-8,13,18-19H2,1-4H3,(H2,26,27,28). The molecule has 0 heterocycles. The second-order valence-corrected chi connectivity index (χ2v) is 8.74. The number of amides is 2. The van der Waals surface area contributed by atoms with Crippen LogP contribution in [0.25, 0.3) is 5.57 Å². The van der Waals surface area contributed by atoms with E-state index < -0.39 is 11.6 Å². The molecule has 4 heteroatoms. The van der Waals surface area contributed by atoms with Crippen LogP contribution in [-0.4, -0.2) is 29.3 Å². The van der Waals surface area contributed by atoms with Crippen molar-refractivity contribution in [2.24, 2.45) is 5.41 Å². The molecule has 0 saturated carbocycles. The zero-order valence-electron chi connectivity index (χ0n) is 18.5. The highest BCUT2D eigenvalue weighted by molar-refractivity contribution is 5.79. The number of benzene rings is 1. The third-order valence-electron chi connectivity index (χ3n) is 5.93. The molecule has 3 N–H and O–H groups in total. The zero-order valence-corrected chi connectivity index (χ0v) is 18.5. The Kier molecular flexibility index (Phi) is 8.51. The SMILES string of the molecule is CCCCCCC(C)(C)C(NC(=O)NCC)C1(O)CC=CC=C1c1ccccc1. The van der Waals surface area contributed by atoms with E-state index in [1.54, 1.807) is 0 Å². The molecular formula is C25H38N2O2. The monoisotopic (exact) mass is 398 g/mol. The number of unbranched alkanes of at least 4 members (excludes halogenated alkanes) is 3. The Morgan fingerprint density at radius 2 is 1.90 bits per heavy atom. The van der Waals surface area contributed by atoms with Gasteiger partial charge < -0.3 is 15.7 Å². The van der Waals surface area contributed by atoms with Gasteiger partial charge in [0.1, 0.15) is 5.60 Å². The number of hydrogen-bond donors (Lipinski definition) is 3. The van der Waals surface area contributed by atoms with Crippen molar-refractivity contribution in [3.05, 3.63) is 54.1 Å². The van der Waals surface area contributed by atoms with Crippen molar-refractivity contribution in [2.75, 3.05) is 6.54 Å². The van der Waals surface area contributed by atoms with E-state index in [0.717, 1.165) is 24.0 Å². The Balaban J connectivity index is 2.38. The number of urea groups is 1. The summed E-state index contributed by atoms with van der Waals surface area (Å²) in [4.78, 5) is 12.5. The molecule has 1 aromatic rings. The minimum atomic E-state index is -1.17. The normalized spacial score (nSPS) is 20.1. The van der Waals surface area contributed by atoms with Gasteiger partial charge in [-0.15, -0.1) is 0 Å². The Bertz CT molecular complexity index is 709. The summed E-state index contributed by atoms with van der Waals surface area (Å²) in [5.74, 6) is 0. The summed E-state index contributed by atoms with van der Waals surface area (Å²) in [6.07, 6.45) is 12.1. The number of aliphatic hydroxyl groups is 1. The first-order valence-corrected chi connectivity index (χ1v) is 11.0. The lowest BCUT2D eigenvalue weighted by molar-refractivity contribution is 0.00946. The molecule has 4 nitrogen and oxygen atoms in total. The average Bonchev–Trinajstić information content (AvgIpc) is 2.70. The molecule has 0 bridgehead atoms. The van der Waals surface area contributed by atoms with Gasteiger partial charge >= 0.3 is 6.03 Å². The maximum atomic E-state index is 12.5. The topological polar surface area (TPSA) is 61.4 Å². The van der Waals surface area contributed by atoms with Gasteiger partial charge in [-0.3, -0.25) is 0 Å². The molecule has 2 amide bonds. The molecule has 0 aliphatic heterocycles. The molecule has 2 rings (SSSR count). The molecule has 0 radical (unpaired) electrons. The van der Waals surface area contributed by atoms with Crippen LogP contribution in [0.5, 0.6) is 0 Å². The molecular weight excluding hydrogens is 360 g/mol. The summed E-state index contributed by atoms with van der Waals surface area (Å²) >= 11 is 0. The lowest BCUT2D eigenvalue weighted by Gasteiger charge is -2.47. The Hall–Kier alpha value is -2.07. The van der Waals surface area contributed by atoms with Crippen molar-refractivity contribution in [3.8, 4) is 0 Å². The van der Waals surface area contributed by atoms with Gasteiger partial charge in [0, 0.05) is 13.0 Å². The molecule has 160 valence electrons. The van der Waals surface area contributed by atoms with Crippen LogP contribution in [0.4, 0.5) is 4.79 Å². The quantitative estimate of drug-likeness (QED) is 0.459. The number of rotatable bonds is 10. The zero-order chi connectivity index (χ0) is 21.3. The number of carbonyl (C=O) groups is 1. The highest BCUT2D eigenvalue weighted by atomic mass is 16.3. The second-order valence-electron chi connectivity index (χ2n) is 8.74. The van der Waals surface area contributed by atoms with E-state index in [9.17, 15) is 9.90 Å². The lowest BCUT2D eigenvalue weighted by Crippen LogP contribution is -2.61. The van der Waals surface area contributed by atoms with Crippen molar-refractivity contribution in [3.63, 3.8) is 0 Å². The minimum Gasteiger partial charge on any atom is -0.383 e. The Morgan fingerprint density at radius 1 is 1.17 bits per heavy atom. The largest absolute Gasteiger partial charge is 0.383 e. The molecule has 0 saturated heterocycles. The summed E-state index contributed by atoms with van der Waals surface area (Å²) in [6.45, 7) is 8.98. The fourth-order valence-corrected chi connectivity index (χ4v) is 4.36. The molecule has 1 aliphatic rings. The predicted octanol–water partition coefficient (Wildman–Crippen LogP) is 5.45. The van der Waals surface area contributed by atoms with Crippen LogP contribution in [0, 0.1) is 5.41 Å². The summed E-state index contributed by atoms with van der Waals surface area (Å²) in [5, 5.41) is 18.0. The van der Waals surface area contributed by atoms with Gasteiger partial charge in [0.15, 0.2) is 0 Å². The summed E-state index contributed by atoms with van der Waals surface area (Å²) in [5.41, 5.74) is 0.412. The van der Waals surface area contributed by atoms with E-state index in [0.29, 0.717) is 13.0 Å². The van der Waals surface area contributed by atoms with Crippen LogP contribution < -0.4 is 10.6 Å². The molecule has 0 spiro atoms. The highest BCUT2D eigenvalue weighted by Crippen LogP contribution is 2.44. The van der Waals surface area contributed by atoms with Crippen molar-refractivity contribution in [2.45, 2.75) is 77.9 Å². The number of carbonyl (C=O) groups excluding carboxylic acids is 1. The van der Waals surface area contributed by atoms with E-state index in [2.05, 4.69) is 31.4 Å². The van der Waals surface area contributed by atoms with Gasteiger partial charge in [0.25, 0.3) is 0 Å². The summed E-state index contributed by atoms with van der Waals surface area (Å²) < 4.78 is 0. The van der Waals surface area contributed by atoms with Crippen molar-refractivity contribution < 1.29 is 9.90 Å². The number of hydrogen-bond acceptors (Lipinski definition) is 2. The van der Waals surface area contributed by atoms with Crippen LogP contribution in [0.1, 0.15) is 71.8 Å². The van der Waals surface area contributed by atoms with Gasteiger partial charge in [-0.2, -0.15) is 0 Å². The van der Waals surface area contributed by atoms with Crippen LogP contribution in [-0.2, 0) is 0 Å². The second kappa shape index (κ2) is 10.6. The molecule has 2 atom stereocenters. The molecule has 2 unspecified atom stereocenters. The van der Waals surface area contributed by atoms with E-state index in [1.165, 1.54) is 19.3 Å². The minimum absolute atomic E-state index is 0.227. The lowest BCUT2D eigenvalue weighted by atomic mass is 9.66. The summed E-state index contributed by atoms with van der Waals surface area (Å²) in [6, 6.07) is 9.34. The number of allylic oxidation sites excluding steroid dienone is 2. The van der Waals surface area contributed by atoms with Crippen LogP contribution >= 0.6 is 0 Å².